The van der Waals surface area contributed by atoms with Crippen molar-refractivity contribution in [2.75, 3.05) is 18.5 Å². The minimum atomic E-state index is -0.419. The third kappa shape index (κ3) is 5.49. The summed E-state index contributed by atoms with van der Waals surface area (Å²) in [5, 5.41) is 3.19. The molecule has 0 saturated heterocycles. The summed E-state index contributed by atoms with van der Waals surface area (Å²) >= 11 is 0. The van der Waals surface area contributed by atoms with E-state index in [0.717, 1.165) is 11.3 Å². The van der Waals surface area contributed by atoms with Gasteiger partial charge in [0.1, 0.15) is 0 Å². The predicted octanol–water partition coefficient (Wildman–Crippen LogP) is 3.88. The number of esters is 2. The Kier molecular flexibility index (Phi) is 6.77. The van der Waals surface area contributed by atoms with Crippen LogP contribution in [0.5, 0.6) is 0 Å². The van der Waals surface area contributed by atoms with Crippen LogP contribution in [0, 0.1) is 0 Å². The van der Waals surface area contributed by atoms with E-state index in [9.17, 15) is 9.59 Å². The molecule has 0 spiro atoms. The van der Waals surface area contributed by atoms with Crippen molar-refractivity contribution < 1.29 is 19.1 Å². The van der Waals surface area contributed by atoms with Crippen LogP contribution in [0.25, 0.3) is 5.70 Å². The van der Waals surface area contributed by atoms with E-state index in [1.807, 2.05) is 30.3 Å². The molecule has 130 valence electrons. The fourth-order valence-corrected chi connectivity index (χ4v) is 2.17. The van der Waals surface area contributed by atoms with Gasteiger partial charge in [-0.25, -0.2) is 9.59 Å². The number of hydrogen-bond donors (Lipinski definition) is 1. The Hall–Kier alpha value is -3.08. The van der Waals surface area contributed by atoms with Crippen LogP contribution in [0.4, 0.5) is 5.69 Å². The van der Waals surface area contributed by atoms with Gasteiger partial charge >= 0.3 is 11.9 Å². The number of nitrogens with one attached hydrogen (secondary N) is 1. The number of anilines is 1. The molecule has 5 nitrogen and oxygen atoms in total. The molecule has 5 heteroatoms. The Morgan fingerprint density at radius 3 is 2.12 bits per heavy atom. The van der Waals surface area contributed by atoms with E-state index >= 15 is 0 Å². The summed E-state index contributed by atoms with van der Waals surface area (Å²) in [6.07, 6.45) is 1.41. The summed E-state index contributed by atoms with van der Waals surface area (Å²) in [6, 6.07) is 16.3. The second-order valence-corrected chi connectivity index (χ2v) is 5.10. The minimum absolute atomic E-state index is 0.311. The van der Waals surface area contributed by atoms with Gasteiger partial charge in [0.15, 0.2) is 0 Å². The van der Waals surface area contributed by atoms with Crippen LogP contribution in [-0.4, -0.2) is 25.2 Å². The lowest BCUT2D eigenvalue weighted by molar-refractivity contribution is -0.137. The summed E-state index contributed by atoms with van der Waals surface area (Å²) < 4.78 is 9.96. The lowest BCUT2D eigenvalue weighted by atomic mass is 10.1. The number of carbonyl (C=O) groups excluding carboxylic acids is 2. The monoisotopic (exact) mass is 339 g/mol. The molecule has 2 rings (SSSR count). The minimum Gasteiger partial charge on any atom is -0.463 e. The van der Waals surface area contributed by atoms with E-state index in [1.54, 1.807) is 38.1 Å². The van der Waals surface area contributed by atoms with Crippen LogP contribution in [0.3, 0.4) is 0 Å². The Morgan fingerprint density at radius 1 is 0.880 bits per heavy atom. The number of hydrogen-bond acceptors (Lipinski definition) is 5. The molecule has 25 heavy (non-hydrogen) atoms. The largest absolute Gasteiger partial charge is 0.463 e. The summed E-state index contributed by atoms with van der Waals surface area (Å²) in [4.78, 5) is 23.5. The Bertz CT molecular complexity index is 736. The standard InChI is InChI=1S/C20H21NO4/c1-3-24-19(22)14-18(15-8-6-5-7-9-15)21-17-12-10-16(11-13-17)20(23)25-4-2/h5-14,21H,3-4H2,1-2H3/b18-14-. The molecule has 0 atom stereocenters. The Balaban J connectivity index is 2.22. The van der Waals surface area contributed by atoms with E-state index in [-0.39, 0.29) is 5.97 Å². The normalized spacial score (nSPS) is 10.9. The molecule has 0 aliphatic heterocycles. The van der Waals surface area contributed by atoms with Crippen LogP contribution in [0.2, 0.25) is 0 Å². The molecule has 0 saturated carbocycles. The molecular formula is C20H21NO4. The molecule has 0 aliphatic rings. The maximum Gasteiger partial charge on any atom is 0.338 e. The topological polar surface area (TPSA) is 64.6 Å². The fraction of sp³-hybridized carbons (Fsp3) is 0.200. The second kappa shape index (κ2) is 9.27. The number of ether oxygens (including phenoxy) is 2. The highest BCUT2D eigenvalue weighted by atomic mass is 16.5. The van der Waals surface area contributed by atoms with E-state index in [1.165, 1.54) is 6.08 Å². The maximum absolute atomic E-state index is 11.8. The lowest BCUT2D eigenvalue weighted by Gasteiger charge is -2.12. The molecule has 0 aliphatic carbocycles. The molecular weight excluding hydrogens is 318 g/mol. The van der Waals surface area contributed by atoms with E-state index < -0.39 is 5.97 Å². The highest BCUT2D eigenvalue weighted by Gasteiger charge is 2.08. The van der Waals surface area contributed by atoms with Gasteiger partial charge in [-0.05, 0) is 43.7 Å². The second-order valence-electron chi connectivity index (χ2n) is 5.10. The van der Waals surface area contributed by atoms with Crippen molar-refractivity contribution in [1.82, 2.24) is 0 Å². The van der Waals surface area contributed by atoms with Crippen molar-refractivity contribution in [3.05, 3.63) is 71.8 Å². The highest BCUT2D eigenvalue weighted by molar-refractivity contribution is 5.95. The molecule has 0 aromatic heterocycles. The van der Waals surface area contributed by atoms with Crippen LogP contribution in [0.15, 0.2) is 60.7 Å². The van der Waals surface area contributed by atoms with Gasteiger partial charge in [-0.3, -0.25) is 0 Å². The Morgan fingerprint density at radius 2 is 1.52 bits per heavy atom. The maximum atomic E-state index is 11.8. The SMILES string of the molecule is CCOC(=O)/C=C(\Nc1ccc(C(=O)OCC)cc1)c1ccccc1. The van der Waals surface area contributed by atoms with Crippen molar-refractivity contribution in [2.45, 2.75) is 13.8 Å². The summed E-state index contributed by atoms with van der Waals surface area (Å²) in [7, 11) is 0. The van der Waals surface area contributed by atoms with Crippen molar-refractivity contribution in [1.29, 1.82) is 0 Å². The summed E-state index contributed by atoms with van der Waals surface area (Å²) in [5.41, 5.74) is 2.68. The smallest absolute Gasteiger partial charge is 0.338 e. The average molecular weight is 339 g/mol. The zero-order valence-corrected chi connectivity index (χ0v) is 14.3. The van der Waals surface area contributed by atoms with Gasteiger partial charge in [-0.2, -0.15) is 0 Å². The first kappa shape index (κ1) is 18.3. The van der Waals surface area contributed by atoms with Crippen molar-refractivity contribution in [2.24, 2.45) is 0 Å². The van der Waals surface area contributed by atoms with Gasteiger partial charge in [0.05, 0.1) is 24.5 Å². The quantitative estimate of drug-likeness (QED) is 0.612. The first-order valence-electron chi connectivity index (χ1n) is 8.12. The van der Waals surface area contributed by atoms with Crippen LogP contribution < -0.4 is 5.32 Å². The molecule has 2 aromatic rings. The van der Waals surface area contributed by atoms with Gasteiger partial charge in [0.25, 0.3) is 0 Å². The molecule has 0 fully saturated rings. The Labute approximate surface area is 147 Å². The first-order valence-corrected chi connectivity index (χ1v) is 8.12. The number of rotatable bonds is 7. The van der Waals surface area contributed by atoms with Crippen LogP contribution in [-0.2, 0) is 14.3 Å². The molecule has 2 aromatic carbocycles. The molecule has 0 heterocycles. The van der Waals surface area contributed by atoms with Crippen molar-refractivity contribution in [3.63, 3.8) is 0 Å². The number of benzene rings is 2. The molecule has 0 amide bonds. The van der Waals surface area contributed by atoms with Crippen molar-refractivity contribution in [3.8, 4) is 0 Å². The van der Waals surface area contributed by atoms with E-state index in [0.29, 0.717) is 24.5 Å². The summed E-state index contributed by atoms with van der Waals surface area (Å²) in [5.74, 6) is -0.781. The van der Waals surface area contributed by atoms with E-state index in [2.05, 4.69) is 5.32 Å². The molecule has 0 bridgehead atoms. The molecule has 0 radical (unpaired) electrons. The highest BCUT2D eigenvalue weighted by Crippen LogP contribution is 2.19. The number of carbonyl (C=O) groups is 2. The van der Waals surface area contributed by atoms with Gasteiger partial charge in [-0.15, -0.1) is 0 Å². The predicted molar refractivity (Wildman–Crippen MR) is 97.1 cm³/mol. The zero-order valence-electron chi connectivity index (χ0n) is 14.3. The van der Waals surface area contributed by atoms with Crippen molar-refractivity contribution >= 4 is 23.3 Å². The average Bonchev–Trinajstić information content (AvgIpc) is 2.63. The van der Waals surface area contributed by atoms with Crippen LogP contribution in [0.1, 0.15) is 29.8 Å². The first-order chi connectivity index (χ1) is 12.1. The van der Waals surface area contributed by atoms with Gasteiger partial charge in [0.2, 0.25) is 0 Å². The zero-order chi connectivity index (χ0) is 18.1. The third-order valence-electron chi connectivity index (χ3n) is 3.31. The lowest BCUT2D eigenvalue weighted by Crippen LogP contribution is -2.07. The van der Waals surface area contributed by atoms with E-state index in [4.69, 9.17) is 9.47 Å². The third-order valence-corrected chi connectivity index (χ3v) is 3.31. The fourth-order valence-electron chi connectivity index (χ4n) is 2.17. The molecule has 0 unspecified atom stereocenters. The van der Waals surface area contributed by atoms with Gasteiger partial charge < -0.3 is 14.8 Å². The summed E-state index contributed by atoms with van der Waals surface area (Å²) in [6.45, 7) is 4.17. The van der Waals surface area contributed by atoms with Gasteiger partial charge in [0, 0.05) is 11.8 Å². The van der Waals surface area contributed by atoms with Gasteiger partial charge in [-0.1, -0.05) is 30.3 Å². The van der Waals surface area contributed by atoms with Crippen LogP contribution >= 0.6 is 0 Å². The molecule has 1 N–H and O–H groups in total.